The van der Waals surface area contributed by atoms with E-state index in [0.29, 0.717) is 6.54 Å². The molecule has 0 unspecified atom stereocenters. The lowest BCUT2D eigenvalue weighted by Crippen LogP contribution is -2.14. The molecule has 3 N–H and O–H groups in total. The van der Waals surface area contributed by atoms with E-state index in [1.54, 1.807) is 7.11 Å². The van der Waals surface area contributed by atoms with Gasteiger partial charge in [0.05, 0.1) is 7.11 Å². The SMILES string of the molecule is COc1ccccc1[C@@H](CN)c1c[nH]c2ccccc12. The Morgan fingerprint density at radius 3 is 2.60 bits per heavy atom. The fraction of sp³-hybridized carbons (Fsp3) is 0.176. The van der Waals surface area contributed by atoms with Crippen LogP contribution in [0.25, 0.3) is 10.9 Å². The molecule has 3 heteroatoms. The van der Waals surface area contributed by atoms with Gasteiger partial charge in [0.25, 0.3) is 0 Å². The van der Waals surface area contributed by atoms with Gasteiger partial charge in [0.2, 0.25) is 0 Å². The van der Waals surface area contributed by atoms with Gasteiger partial charge in [0, 0.05) is 35.1 Å². The van der Waals surface area contributed by atoms with Gasteiger partial charge in [0.15, 0.2) is 0 Å². The summed E-state index contributed by atoms with van der Waals surface area (Å²) in [6.07, 6.45) is 2.05. The van der Waals surface area contributed by atoms with Crippen molar-refractivity contribution in [2.24, 2.45) is 5.73 Å². The van der Waals surface area contributed by atoms with Gasteiger partial charge in [0.1, 0.15) is 5.75 Å². The maximum absolute atomic E-state index is 6.04. The van der Waals surface area contributed by atoms with Crippen molar-refractivity contribution in [3.63, 3.8) is 0 Å². The minimum atomic E-state index is 0.127. The molecule has 0 amide bonds. The Hall–Kier alpha value is -2.26. The molecule has 0 saturated carbocycles. The van der Waals surface area contributed by atoms with Crippen LogP contribution in [0, 0.1) is 0 Å². The molecule has 1 heterocycles. The Balaban J connectivity index is 2.14. The van der Waals surface area contributed by atoms with Gasteiger partial charge >= 0.3 is 0 Å². The Morgan fingerprint density at radius 2 is 1.80 bits per heavy atom. The maximum Gasteiger partial charge on any atom is 0.122 e. The van der Waals surface area contributed by atoms with Gasteiger partial charge in [-0.2, -0.15) is 0 Å². The number of fused-ring (bicyclic) bond motifs is 1. The number of hydrogen-bond donors (Lipinski definition) is 2. The van der Waals surface area contributed by atoms with Crippen molar-refractivity contribution >= 4 is 10.9 Å². The van der Waals surface area contributed by atoms with Crippen molar-refractivity contribution in [3.05, 3.63) is 65.9 Å². The average Bonchev–Trinajstić information content (AvgIpc) is 2.93. The molecule has 3 nitrogen and oxygen atoms in total. The number of methoxy groups -OCH3 is 1. The van der Waals surface area contributed by atoms with Crippen LogP contribution in [0.4, 0.5) is 0 Å². The van der Waals surface area contributed by atoms with Crippen molar-refractivity contribution < 1.29 is 4.74 Å². The monoisotopic (exact) mass is 266 g/mol. The highest BCUT2D eigenvalue weighted by atomic mass is 16.5. The molecule has 3 aromatic rings. The summed E-state index contributed by atoms with van der Waals surface area (Å²) in [5.74, 6) is 1.01. The Bertz CT molecular complexity index is 718. The molecule has 0 fully saturated rings. The van der Waals surface area contributed by atoms with E-state index in [2.05, 4.69) is 35.4 Å². The lowest BCUT2D eigenvalue weighted by Gasteiger charge is -2.18. The molecule has 0 aliphatic heterocycles. The molecule has 102 valence electrons. The second kappa shape index (κ2) is 5.39. The second-order valence-electron chi connectivity index (χ2n) is 4.82. The third kappa shape index (κ3) is 2.06. The standard InChI is InChI=1S/C17H18N2O/c1-20-17-9-5-3-7-13(17)14(10-18)15-11-19-16-8-4-2-6-12(15)16/h2-9,11,14,19H,10,18H2,1H3/t14-/m1/s1. The fourth-order valence-corrected chi connectivity index (χ4v) is 2.76. The smallest absolute Gasteiger partial charge is 0.122 e. The Morgan fingerprint density at radius 1 is 1.05 bits per heavy atom. The van der Waals surface area contributed by atoms with E-state index in [-0.39, 0.29) is 5.92 Å². The number of nitrogens with one attached hydrogen (secondary N) is 1. The van der Waals surface area contributed by atoms with Crippen molar-refractivity contribution in [3.8, 4) is 5.75 Å². The highest BCUT2D eigenvalue weighted by Crippen LogP contribution is 2.34. The predicted octanol–water partition coefficient (Wildman–Crippen LogP) is 3.27. The first-order valence-corrected chi connectivity index (χ1v) is 6.74. The first-order chi connectivity index (χ1) is 9.85. The molecule has 1 aromatic heterocycles. The normalized spacial score (nSPS) is 12.5. The van der Waals surface area contributed by atoms with Crippen LogP contribution in [0.3, 0.4) is 0 Å². The lowest BCUT2D eigenvalue weighted by atomic mass is 9.90. The van der Waals surface area contributed by atoms with E-state index in [9.17, 15) is 0 Å². The average molecular weight is 266 g/mol. The number of rotatable bonds is 4. The number of para-hydroxylation sites is 2. The van der Waals surface area contributed by atoms with Crippen LogP contribution < -0.4 is 10.5 Å². The van der Waals surface area contributed by atoms with Gasteiger partial charge in [-0.15, -0.1) is 0 Å². The van der Waals surface area contributed by atoms with Crippen LogP contribution in [0.5, 0.6) is 5.75 Å². The maximum atomic E-state index is 6.04. The van der Waals surface area contributed by atoms with Crippen molar-refractivity contribution in [1.82, 2.24) is 4.98 Å². The first kappa shape index (κ1) is 12.8. The van der Waals surface area contributed by atoms with Gasteiger partial charge in [-0.25, -0.2) is 0 Å². The topological polar surface area (TPSA) is 51.0 Å². The number of nitrogens with two attached hydrogens (primary N) is 1. The summed E-state index contributed by atoms with van der Waals surface area (Å²) in [5.41, 5.74) is 9.52. The molecule has 0 aliphatic carbocycles. The fourth-order valence-electron chi connectivity index (χ4n) is 2.76. The summed E-state index contributed by atoms with van der Waals surface area (Å²) in [5, 5.41) is 1.22. The zero-order chi connectivity index (χ0) is 13.9. The quantitative estimate of drug-likeness (QED) is 0.761. The molecule has 3 rings (SSSR count). The largest absolute Gasteiger partial charge is 0.496 e. The summed E-state index contributed by atoms with van der Waals surface area (Å²) >= 11 is 0. The summed E-state index contributed by atoms with van der Waals surface area (Å²) in [6.45, 7) is 0.544. The van der Waals surface area contributed by atoms with Crippen LogP contribution in [-0.4, -0.2) is 18.6 Å². The zero-order valence-electron chi connectivity index (χ0n) is 11.5. The first-order valence-electron chi connectivity index (χ1n) is 6.74. The third-order valence-corrected chi connectivity index (χ3v) is 3.75. The Labute approximate surface area is 118 Å². The number of aromatic amines is 1. The Kier molecular flexibility index (Phi) is 3.44. The minimum Gasteiger partial charge on any atom is -0.496 e. The highest BCUT2D eigenvalue weighted by Gasteiger charge is 2.19. The number of H-pyrrole nitrogens is 1. The van der Waals surface area contributed by atoms with E-state index in [0.717, 1.165) is 16.8 Å². The van der Waals surface area contributed by atoms with Crippen molar-refractivity contribution in [2.45, 2.75) is 5.92 Å². The van der Waals surface area contributed by atoms with E-state index in [4.69, 9.17) is 10.5 Å². The van der Waals surface area contributed by atoms with Gasteiger partial charge in [-0.3, -0.25) is 0 Å². The van der Waals surface area contributed by atoms with Crippen molar-refractivity contribution in [2.75, 3.05) is 13.7 Å². The summed E-state index contributed by atoms with van der Waals surface area (Å²) in [6, 6.07) is 16.3. The van der Waals surface area contributed by atoms with E-state index in [1.165, 1.54) is 10.9 Å². The highest BCUT2D eigenvalue weighted by molar-refractivity contribution is 5.84. The molecule has 1 atom stereocenters. The van der Waals surface area contributed by atoms with Gasteiger partial charge < -0.3 is 15.5 Å². The predicted molar refractivity (Wildman–Crippen MR) is 82.2 cm³/mol. The molecule has 20 heavy (non-hydrogen) atoms. The molecular formula is C17H18N2O. The van der Waals surface area contributed by atoms with E-state index < -0.39 is 0 Å². The molecule has 2 aromatic carbocycles. The third-order valence-electron chi connectivity index (χ3n) is 3.75. The van der Waals surface area contributed by atoms with Crippen LogP contribution in [-0.2, 0) is 0 Å². The molecule has 0 radical (unpaired) electrons. The minimum absolute atomic E-state index is 0.127. The zero-order valence-corrected chi connectivity index (χ0v) is 11.5. The van der Waals surface area contributed by atoms with E-state index in [1.807, 2.05) is 24.3 Å². The van der Waals surface area contributed by atoms with Crippen LogP contribution in [0.1, 0.15) is 17.0 Å². The van der Waals surface area contributed by atoms with Crippen LogP contribution in [0.15, 0.2) is 54.7 Å². The number of hydrogen-bond acceptors (Lipinski definition) is 2. The molecule has 0 saturated heterocycles. The molecular weight excluding hydrogens is 248 g/mol. The second-order valence-corrected chi connectivity index (χ2v) is 4.82. The van der Waals surface area contributed by atoms with Gasteiger partial charge in [-0.05, 0) is 17.7 Å². The molecule has 0 spiro atoms. The lowest BCUT2D eigenvalue weighted by molar-refractivity contribution is 0.408. The summed E-state index contributed by atoms with van der Waals surface area (Å²) < 4.78 is 5.47. The summed E-state index contributed by atoms with van der Waals surface area (Å²) in [4.78, 5) is 3.31. The van der Waals surface area contributed by atoms with Crippen LogP contribution in [0.2, 0.25) is 0 Å². The van der Waals surface area contributed by atoms with E-state index >= 15 is 0 Å². The van der Waals surface area contributed by atoms with Crippen molar-refractivity contribution in [1.29, 1.82) is 0 Å². The molecule has 0 aliphatic rings. The number of ether oxygens (including phenoxy) is 1. The van der Waals surface area contributed by atoms with Crippen LogP contribution >= 0.6 is 0 Å². The number of benzene rings is 2. The summed E-state index contributed by atoms with van der Waals surface area (Å²) in [7, 11) is 1.70. The molecule has 0 bridgehead atoms. The van der Waals surface area contributed by atoms with Gasteiger partial charge in [-0.1, -0.05) is 36.4 Å². The number of aromatic nitrogens is 1.